The first-order valence-electron chi connectivity index (χ1n) is 9.99. The van der Waals surface area contributed by atoms with E-state index in [1.165, 1.54) is 11.6 Å². The Bertz CT molecular complexity index is 808. The van der Waals surface area contributed by atoms with Crippen LogP contribution in [0.2, 0.25) is 0 Å². The molecule has 1 aliphatic rings. The number of aromatic amines is 1. The molecule has 2 heterocycles. The lowest BCUT2D eigenvalue weighted by Gasteiger charge is -2.33. The van der Waals surface area contributed by atoms with E-state index in [9.17, 15) is 9.59 Å². The van der Waals surface area contributed by atoms with E-state index in [-0.39, 0.29) is 17.4 Å². The number of amides is 1. The largest absolute Gasteiger partial charge is 0.369 e. The second-order valence-electron chi connectivity index (χ2n) is 7.23. The maximum absolute atomic E-state index is 12.6. The number of carbonyl (C=O) groups is 1. The molecular weight excluding hydrogens is 354 g/mol. The lowest BCUT2D eigenvalue weighted by Crippen LogP contribution is -2.45. The molecule has 1 aliphatic heterocycles. The number of anilines is 1. The van der Waals surface area contributed by atoms with Gasteiger partial charge in [-0.05, 0) is 24.9 Å². The van der Waals surface area contributed by atoms with E-state index in [0.717, 1.165) is 44.7 Å². The monoisotopic (exact) mass is 383 g/mol. The van der Waals surface area contributed by atoms with Crippen molar-refractivity contribution in [3.8, 4) is 0 Å². The Kier molecular flexibility index (Phi) is 7.19. The number of piperidine rings is 1. The second-order valence-corrected chi connectivity index (χ2v) is 7.23. The molecule has 1 aromatic carbocycles. The first kappa shape index (κ1) is 20.1. The van der Waals surface area contributed by atoms with Crippen molar-refractivity contribution < 1.29 is 4.79 Å². The molecule has 0 spiro atoms. The zero-order valence-corrected chi connectivity index (χ0v) is 16.4. The minimum absolute atomic E-state index is 0.0581. The summed E-state index contributed by atoms with van der Waals surface area (Å²) in [5.41, 5.74) is 1.84. The molecule has 28 heavy (non-hydrogen) atoms. The molecule has 1 unspecified atom stereocenters. The lowest BCUT2D eigenvalue weighted by molar-refractivity contribution is -0.125. The fourth-order valence-electron chi connectivity index (χ4n) is 3.64. The van der Waals surface area contributed by atoms with Gasteiger partial charge in [-0.25, -0.2) is 5.10 Å². The molecule has 2 N–H and O–H groups in total. The van der Waals surface area contributed by atoms with E-state index in [1.54, 1.807) is 6.20 Å². The van der Waals surface area contributed by atoms with Crippen LogP contribution in [-0.2, 0) is 11.3 Å². The maximum atomic E-state index is 12.6. The average Bonchev–Trinajstić information content (AvgIpc) is 2.73. The smallest absolute Gasteiger partial charge is 0.266 e. The molecule has 7 nitrogen and oxygen atoms in total. The summed E-state index contributed by atoms with van der Waals surface area (Å²) in [6, 6.07) is 11.9. The fourth-order valence-corrected chi connectivity index (χ4v) is 3.64. The van der Waals surface area contributed by atoms with Crippen LogP contribution in [0.1, 0.15) is 25.3 Å². The van der Waals surface area contributed by atoms with Crippen LogP contribution in [0.25, 0.3) is 0 Å². The summed E-state index contributed by atoms with van der Waals surface area (Å²) in [4.78, 5) is 28.5. The van der Waals surface area contributed by atoms with Crippen molar-refractivity contribution in [1.29, 1.82) is 0 Å². The van der Waals surface area contributed by atoms with Crippen molar-refractivity contribution in [3.63, 3.8) is 0 Å². The van der Waals surface area contributed by atoms with Gasteiger partial charge in [0.2, 0.25) is 5.91 Å². The molecule has 150 valence electrons. The zero-order chi connectivity index (χ0) is 19.8. The number of benzene rings is 1. The molecular formula is C21H29N5O2. The predicted molar refractivity (Wildman–Crippen MR) is 110 cm³/mol. The van der Waals surface area contributed by atoms with Crippen molar-refractivity contribution >= 4 is 11.6 Å². The highest BCUT2D eigenvalue weighted by atomic mass is 16.2. The number of hydrogen-bond acceptors (Lipinski definition) is 5. The van der Waals surface area contributed by atoms with Crippen molar-refractivity contribution in [2.45, 2.75) is 26.3 Å². The van der Waals surface area contributed by atoms with Gasteiger partial charge in [0.1, 0.15) is 0 Å². The highest BCUT2D eigenvalue weighted by Crippen LogP contribution is 2.21. The molecule has 1 aromatic heterocycles. The standard InChI is InChI=1S/C21H29N5O2/c1-2-25(15-17-7-4-3-5-8-17)12-10-22-21(28)18-9-6-11-26(16-18)19-13-20(27)24-23-14-19/h3-5,7-8,13-14,18H,2,6,9-12,15-16H2,1H3,(H,22,28)(H,24,27). The third kappa shape index (κ3) is 5.66. The van der Waals surface area contributed by atoms with E-state index in [4.69, 9.17) is 0 Å². The number of H-pyrrole nitrogens is 1. The van der Waals surface area contributed by atoms with Crippen LogP contribution in [0, 0.1) is 5.92 Å². The summed E-state index contributed by atoms with van der Waals surface area (Å²) in [5.74, 6) is 0.0375. The van der Waals surface area contributed by atoms with Gasteiger partial charge in [-0.3, -0.25) is 14.5 Å². The normalized spacial score (nSPS) is 16.9. The summed E-state index contributed by atoms with van der Waals surface area (Å²) in [6.45, 7) is 6.90. The first-order chi connectivity index (χ1) is 13.7. The molecule has 0 saturated carbocycles. The molecule has 0 radical (unpaired) electrons. The third-order valence-corrected chi connectivity index (χ3v) is 5.23. The van der Waals surface area contributed by atoms with Gasteiger partial charge in [-0.15, -0.1) is 0 Å². The Balaban J connectivity index is 1.46. The van der Waals surface area contributed by atoms with Crippen molar-refractivity contribution in [1.82, 2.24) is 20.4 Å². The van der Waals surface area contributed by atoms with Gasteiger partial charge in [0.25, 0.3) is 5.56 Å². The molecule has 3 rings (SSSR count). The number of carbonyl (C=O) groups excluding carboxylic acids is 1. The summed E-state index contributed by atoms with van der Waals surface area (Å²) in [6.07, 6.45) is 3.45. The first-order valence-corrected chi connectivity index (χ1v) is 9.99. The Morgan fingerprint density at radius 1 is 1.36 bits per heavy atom. The van der Waals surface area contributed by atoms with E-state index in [2.05, 4.69) is 56.5 Å². The SMILES string of the molecule is CCN(CCNC(=O)C1CCCN(c2cn[nH]c(=O)c2)C1)Cc1ccccc1. The molecule has 0 bridgehead atoms. The Morgan fingerprint density at radius 3 is 2.93 bits per heavy atom. The zero-order valence-electron chi connectivity index (χ0n) is 16.4. The Hall–Kier alpha value is -2.67. The number of nitrogens with zero attached hydrogens (tertiary/aromatic N) is 3. The number of hydrogen-bond donors (Lipinski definition) is 2. The van der Waals surface area contributed by atoms with Crippen LogP contribution < -0.4 is 15.8 Å². The topological polar surface area (TPSA) is 81.3 Å². The Labute approximate surface area is 165 Å². The van der Waals surface area contributed by atoms with Crippen LogP contribution in [-0.4, -0.2) is 53.7 Å². The van der Waals surface area contributed by atoms with Gasteiger partial charge >= 0.3 is 0 Å². The van der Waals surface area contributed by atoms with Crippen LogP contribution in [0.5, 0.6) is 0 Å². The van der Waals surface area contributed by atoms with Gasteiger partial charge in [0.05, 0.1) is 17.8 Å². The van der Waals surface area contributed by atoms with Gasteiger partial charge in [0.15, 0.2) is 0 Å². The van der Waals surface area contributed by atoms with Crippen molar-refractivity contribution in [2.75, 3.05) is 37.6 Å². The van der Waals surface area contributed by atoms with Crippen LogP contribution in [0.15, 0.2) is 47.4 Å². The minimum Gasteiger partial charge on any atom is -0.369 e. The minimum atomic E-state index is -0.220. The molecule has 7 heteroatoms. The van der Waals surface area contributed by atoms with Gasteiger partial charge in [0, 0.05) is 38.8 Å². The van der Waals surface area contributed by atoms with Crippen molar-refractivity contribution in [3.05, 3.63) is 58.5 Å². The van der Waals surface area contributed by atoms with Gasteiger partial charge in [-0.1, -0.05) is 37.3 Å². The second kappa shape index (κ2) is 10.0. The predicted octanol–water partition coefficient (Wildman–Crippen LogP) is 1.62. The Morgan fingerprint density at radius 2 is 2.18 bits per heavy atom. The highest BCUT2D eigenvalue weighted by molar-refractivity contribution is 5.79. The molecule has 1 fully saturated rings. The quantitative estimate of drug-likeness (QED) is 0.724. The van der Waals surface area contributed by atoms with E-state index < -0.39 is 0 Å². The number of aromatic nitrogens is 2. The summed E-state index contributed by atoms with van der Waals surface area (Å²) in [7, 11) is 0. The number of nitrogens with one attached hydrogen (secondary N) is 2. The van der Waals surface area contributed by atoms with E-state index >= 15 is 0 Å². The molecule has 1 atom stereocenters. The summed E-state index contributed by atoms with van der Waals surface area (Å²) in [5, 5.41) is 9.34. The number of rotatable bonds is 8. The summed E-state index contributed by atoms with van der Waals surface area (Å²) < 4.78 is 0. The fraction of sp³-hybridized carbons (Fsp3) is 0.476. The number of likely N-dealkylation sites (N-methyl/N-ethyl adjacent to an activating group) is 1. The van der Waals surface area contributed by atoms with Crippen LogP contribution >= 0.6 is 0 Å². The maximum Gasteiger partial charge on any atom is 0.266 e. The van der Waals surface area contributed by atoms with Crippen LogP contribution in [0.3, 0.4) is 0 Å². The molecule has 2 aromatic rings. The van der Waals surface area contributed by atoms with Crippen LogP contribution in [0.4, 0.5) is 5.69 Å². The van der Waals surface area contributed by atoms with E-state index in [0.29, 0.717) is 13.1 Å². The summed E-state index contributed by atoms with van der Waals surface area (Å²) >= 11 is 0. The highest BCUT2D eigenvalue weighted by Gasteiger charge is 2.26. The van der Waals surface area contributed by atoms with Crippen molar-refractivity contribution in [2.24, 2.45) is 5.92 Å². The van der Waals surface area contributed by atoms with E-state index in [1.807, 2.05) is 6.07 Å². The molecule has 1 saturated heterocycles. The van der Waals surface area contributed by atoms with Gasteiger partial charge in [-0.2, -0.15) is 5.10 Å². The third-order valence-electron chi connectivity index (χ3n) is 5.23. The molecule has 1 amide bonds. The molecule has 0 aliphatic carbocycles. The lowest BCUT2D eigenvalue weighted by atomic mass is 9.97. The van der Waals surface area contributed by atoms with Gasteiger partial charge < -0.3 is 10.2 Å². The average molecular weight is 383 g/mol.